The molecule has 6 amide bonds. The van der Waals surface area contributed by atoms with Crippen LogP contribution < -0.4 is 32.1 Å². The molecule has 0 bridgehead atoms. The fourth-order valence-corrected chi connectivity index (χ4v) is 10.5. The van der Waals surface area contributed by atoms with Gasteiger partial charge in [-0.05, 0) is 92.3 Å². The third-order valence-corrected chi connectivity index (χ3v) is 14.9. The van der Waals surface area contributed by atoms with Crippen molar-refractivity contribution >= 4 is 58.2 Å². The lowest BCUT2D eigenvalue weighted by Crippen LogP contribution is -2.54. The van der Waals surface area contributed by atoms with Crippen LogP contribution >= 0.6 is 0 Å². The molecule has 1 aliphatic carbocycles. The number of amides is 6. The minimum absolute atomic E-state index is 0.0395. The number of carbonyl (C=O) groups excluding carboxylic acids is 7. The molecule has 3 aliphatic heterocycles. The number of cyclic esters (lactones) is 1. The molecule has 4 aromatic rings. The number of esters is 1. The molecule has 6 N–H and O–H groups in total. The molecular weight excluding hydrogens is 1040 g/mol. The molecule has 0 spiro atoms. The van der Waals surface area contributed by atoms with E-state index in [2.05, 4.69) is 26.6 Å². The fraction of sp³-hybridized carbons (Fsp3) is 0.518. The lowest BCUT2D eigenvalue weighted by molar-refractivity contribution is -0.172. The zero-order valence-electron chi connectivity index (χ0n) is 45.8. The van der Waals surface area contributed by atoms with Crippen LogP contribution in [0.25, 0.3) is 22.3 Å². The topological polar surface area (TPSA) is 293 Å². The van der Waals surface area contributed by atoms with Crippen LogP contribution in [0.15, 0.2) is 41.2 Å². The second kappa shape index (κ2) is 25.8. The molecule has 0 radical (unpaired) electrons. The number of nitrogens with one attached hydrogen (secondary N) is 5. The molecular formula is C56H69FN8O15. The fourth-order valence-electron chi connectivity index (χ4n) is 10.5. The summed E-state index contributed by atoms with van der Waals surface area (Å²) < 4.78 is 48.7. The Morgan fingerprint density at radius 3 is 2.35 bits per heavy atom. The van der Waals surface area contributed by atoms with E-state index in [4.69, 9.17) is 33.4 Å². The second-order valence-corrected chi connectivity index (χ2v) is 20.6. The monoisotopic (exact) mass is 1110 g/mol. The highest BCUT2D eigenvalue weighted by atomic mass is 19.1. The summed E-state index contributed by atoms with van der Waals surface area (Å²) in [6.45, 7) is 9.44. The third kappa shape index (κ3) is 12.8. The molecule has 1 fully saturated rings. The van der Waals surface area contributed by atoms with Crippen molar-refractivity contribution in [1.82, 2.24) is 35.7 Å². The summed E-state index contributed by atoms with van der Waals surface area (Å²) in [5, 5.41) is 25.9. The maximum absolute atomic E-state index is 15.5. The molecule has 8 rings (SSSR count). The number of hydrogen-bond donors (Lipinski definition) is 6. The van der Waals surface area contributed by atoms with Gasteiger partial charge in [0.25, 0.3) is 5.56 Å². The minimum atomic E-state index is -2.05. The molecule has 23 nitrogen and oxygen atoms in total. The van der Waals surface area contributed by atoms with Crippen molar-refractivity contribution in [2.24, 2.45) is 5.92 Å². The molecule has 5 atom stereocenters. The van der Waals surface area contributed by atoms with Gasteiger partial charge in [0, 0.05) is 48.5 Å². The number of pyridine rings is 2. The van der Waals surface area contributed by atoms with Crippen molar-refractivity contribution in [1.29, 1.82) is 0 Å². The summed E-state index contributed by atoms with van der Waals surface area (Å²) in [5.41, 5.74) is 2.37. The van der Waals surface area contributed by atoms with Gasteiger partial charge >= 0.3 is 12.1 Å². The zero-order valence-corrected chi connectivity index (χ0v) is 45.8. The number of aliphatic hydroxyl groups is 1. The highest BCUT2D eigenvalue weighted by Gasteiger charge is 2.46. The van der Waals surface area contributed by atoms with E-state index in [1.165, 1.54) is 22.5 Å². The third-order valence-electron chi connectivity index (χ3n) is 14.9. The van der Waals surface area contributed by atoms with E-state index in [0.717, 1.165) is 5.56 Å². The highest BCUT2D eigenvalue weighted by Crippen LogP contribution is 2.46. The largest absolute Gasteiger partial charge is 0.458 e. The van der Waals surface area contributed by atoms with E-state index in [-0.39, 0.29) is 69.5 Å². The number of carbonyl (C=O) groups is 7. The number of fused-ring (bicyclic) bond motifs is 5. The molecule has 24 heteroatoms. The van der Waals surface area contributed by atoms with Crippen molar-refractivity contribution in [2.75, 3.05) is 71.8 Å². The zero-order chi connectivity index (χ0) is 57.4. The quantitative estimate of drug-likeness (QED) is 0.0383. The van der Waals surface area contributed by atoms with Crippen LogP contribution in [0.4, 0.5) is 14.9 Å². The number of benzene rings is 2. The first-order chi connectivity index (χ1) is 38.3. The molecule has 0 saturated carbocycles. The predicted molar refractivity (Wildman–Crippen MR) is 285 cm³/mol. The SMILES string of the molecule is CC[C@]1(O)C(=O)OCc2c1cc1n(c2=O)Cc2c-1nc1cc(F)c(C)c3c1c2[C@H](NC(=O)[C@H]1CCCN1C(=O)OCc1ccc(NC(=O)[C@@H](C)NC(=O)[C@H](NC(=O)COCC(=O)NCCOCCOCCOC)C(C)C)cc1)CC3. The van der Waals surface area contributed by atoms with Crippen LogP contribution in [0.3, 0.4) is 0 Å². The maximum atomic E-state index is 15.5. The van der Waals surface area contributed by atoms with E-state index >= 15 is 4.39 Å². The van der Waals surface area contributed by atoms with Gasteiger partial charge in [0.1, 0.15) is 50.4 Å². The summed E-state index contributed by atoms with van der Waals surface area (Å²) in [7, 11) is 1.58. The number of anilines is 1. The minimum Gasteiger partial charge on any atom is -0.458 e. The Labute approximate surface area is 460 Å². The summed E-state index contributed by atoms with van der Waals surface area (Å²) in [4.78, 5) is 112. The van der Waals surface area contributed by atoms with Crippen molar-refractivity contribution in [3.8, 4) is 11.4 Å². The number of likely N-dealkylation sites (tertiary alicyclic amines) is 1. The number of halogens is 1. The summed E-state index contributed by atoms with van der Waals surface area (Å²) in [6.07, 6.45) is 0.977. The lowest BCUT2D eigenvalue weighted by atomic mass is 9.81. The highest BCUT2D eigenvalue weighted by molar-refractivity contribution is 5.98. The molecule has 0 unspecified atom stereocenters. The molecule has 5 heterocycles. The Morgan fingerprint density at radius 1 is 0.900 bits per heavy atom. The van der Waals surface area contributed by atoms with Gasteiger partial charge in [-0.1, -0.05) is 32.9 Å². The summed E-state index contributed by atoms with van der Waals surface area (Å²) in [6, 6.07) is 5.91. The van der Waals surface area contributed by atoms with Crippen LogP contribution in [0.5, 0.6) is 0 Å². The van der Waals surface area contributed by atoms with Crippen molar-refractivity contribution in [3.63, 3.8) is 0 Å². The van der Waals surface area contributed by atoms with Crippen LogP contribution in [-0.2, 0) is 89.0 Å². The summed E-state index contributed by atoms with van der Waals surface area (Å²) >= 11 is 0. The lowest BCUT2D eigenvalue weighted by Gasteiger charge is -2.32. The number of aromatic nitrogens is 2. The number of ether oxygens (including phenoxy) is 6. The van der Waals surface area contributed by atoms with Gasteiger partial charge in [-0.25, -0.2) is 19.0 Å². The van der Waals surface area contributed by atoms with Crippen molar-refractivity contribution in [3.05, 3.63) is 91.5 Å². The predicted octanol–water partition coefficient (Wildman–Crippen LogP) is 2.83. The summed E-state index contributed by atoms with van der Waals surface area (Å²) in [5.74, 6) is -4.32. The van der Waals surface area contributed by atoms with Gasteiger partial charge < -0.3 is 64.7 Å². The van der Waals surface area contributed by atoms with E-state index in [1.807, 2.05) is 0 Å². The Kier molecular flexibility index (Phi) is 19.0. The normalized spacial score (nSPS) is 18.6. The standard InChI is InChI=1S/C56H69FN8O15/c1-7-56(74)38-23-43-49-36(25-65(43)53(71)37(38)27-79-54(56)72)47-40(15-14-35-31(4)39(57)24-41(61-49)46(35)47)62-51(69)42-9-8-17-64(42)55(73)80-26-33-10-12-34(13-11-33)60-50(68)32(5)59-52(70)48(30(2)3)63-45(67)29-78-28-44(66)58-16-18-76-21-22-77-20-19-75-6/h10-13,23-24,30,32,40,42,48,74H,7-9,14-22,25-29H2,1-6H3,(H,58,66)(H,59,70)(H,60,68)(H,62,69)(H,63,67)/t32-,40-,42-,48-,56-/m1/s1. The molecule has 1 saturated heterocycles. The second-order valence-electron chi connectivity index (χ2n) is 20.6. The first-order valence-electron chi connectivity index (χ1n) is 26.9. The molecule has 80 heavy (non-hydrogen) atoms. The van der Waals surface area contributed by atoms with Crippen LogP contribution in [0, 0.1) is 18.7 Å². The van der Waals surface area contributed by atoms with E-state index < -0.39 is 89.4 Å². The number of hydrogen-bond acceptors (Lipinski definition) is 16. The van der Waals surface area contributed by atoms with Gasteiger partial charge in [0.05, 0.1) is 68.1 Å². The average molecular weight is 1110 g/mol. The van der Waals surface area contributed by atoms with Gasteiger partial charge in [-0.2, -0.15) is 0 Å². The maximum Gasteiger partial charge on any atom is 0.410 e. The van der Waals surface area contributed by atoms with E-state index in [9.17, 15) is 43.5 Å². The number of methoxy groups -OCH3 is 1. The molecule has 4 aliphatic rings. The number of rotatable bonds is 24. The first-order valence-corrected chi connectivity index (χ1v) is 26.9. The van der Waals surface area contributed by atoms with E-state index in [0.29, 0.717) is 102 Å². The number of nitrogens with zero attached hydrogens (tertiary/aromatic N) is 3. The Morgan fingerprint density at radius 2 is 1.62 bits per heavy atom. The Hall–Kier alpha value is -7.38. The smallest absolute Gasteiger partial charge is 0.410 e. The Bertz CT molecular complexity index is 3100. The van der Waals surface area contributed by atoms with E-state index in [1.54, 1.807) is 65.1 Å². The number of aryl methyl sites for hydroxylation is 1. The molecule has 430 valence electrons. The first kappa shape index (κ1) is 58.8. The van der Waals surface area contributed by atoms with Crippen LogP contribution in [0.2, 0.25) is 0 Å². The molecule has 2 aromatic carbocycles. The van der Waals surface area contributed by atoms with Crippen molar-refractivity contribution < 1.29 is 71.5 Å². The van der Waals surface area contributed by atoms with Crippen molar-refractivity contribution in [2.45, 2.75) is 116 Å². The van der Waals surface area contributed by atoms with Crippen LogP contribution in [-0.4, -0.2) is 146 Å². The molecule has 2 aromatic heterocycles. The Balaban J connectivity index is 0.821. The van der Waals surface area contributed by atoms with Gasteiger partial charge in [0.15, 0.2) is 5.60 Å². The van der Waals surface area contributed by atoms with Gasteiger partial charge in [0.2, 0.25) is 29.5 Å². The van der Waals surface area contributed by atoms with Gasteiger partial charge in [-0.3, -0.25) is 33.7 Å². The average Bonchev–Trinajstić information content (AvgIpc) is 4.27. The van der Waals surface area contributed by atoms with Gasteiger partial charge in [-0.15, -0.1) is 0 Å². The van der Waals surface area contributed by atoms with Crippen LogP contribution in [0.1, 0.15) is 98.4 Å².